The minimum atomic E-state index is 0.489. The van der Waals surface area contributed by atoms with Crippen LogP contribution in [0.2, 0.25) is 5.02 Å². The number of halogens is 1. The van der Waals surface area contributed by atoms with E-state index in [1.165, 1.54) is 0 Å². The predicted molar refractivity (Wildman–Crippen MR) is 73.3 cm³/mol. The molecule has 1 aromatic heterocycles. The number of aromatic nitrogens is 2. The smallest absolute Gasteiger partial charge is 0.245 e. The van der Waals surface area contributed by atoms with E-state index in [1.807, 2.05) is 31.2 Å². The summed E-state index contributed by atoms with van der Waals surface area (Å²) in [5, 5.41) is 7.78. The first-order chi connectivity index (χ1) is 9.28. The van der Waals surface area contributed by atoms with Crippen molar-refractivity contribution in [1.82, 2.24) is 10.1 Å². The zero-order valence-corrected chi connectivity index (χ0v) is 11.5. The molecule has 0 fully saturated rings. The van der Waals surface area contributed by atoms with Crippen LogP contribution in [-0.4, -0.2) is 23.4 Å². The number of rotatable bonds is 7. The standard InChI is InChI=1S/C13H16ClN3O2/c1-2-18-8-7-12-16-13(19-17-12)9-15-11-5-3-10(14)4-6-11/h3-6,15H,2,7-9H2,1H3. The molecule has 0 aliphatic heterocycles. The molecule has 0 saturated carbocycles. The number of anilines is 1. The second-order valence-corrected chi connectivity index (χ2v) is 4.35. The molecule has 2 aromatic rings. The summed E-state index contributed by atoms with van der Waals surface area (Å²) < 4.78 is 10.4. The molecule has 0 bridgehead atoms. The van der Waals surface area contributed by atoms with Crippen molar-refractivity contribution in [3.63, 3.8) is 0 Å². The maximum atomic E-state index is 5.81. The van der Waals surface area contributed by atoms with Crippen LogP contribution in [0.5, 0.6) is 0 Å². The van der Waals surface area contributed by atoms with Gasteiger partial charge >= 0.3 is 0 Å². The maximum Gasteiger partial charge on any atom is 0.245 e. The van der Waals surface area contributed by atoms with Gasteiger partial charge in [0.15, 0.2) is 5.82 Å². The van der Waals surface area contributed by atoms with Crippen LogP contribution in [0.25, 0.3) is 0 Å². The first-order valence-electron chi connectivity index (χ1n) is 6.16. The fourth-order valence-corrected chi connectivity index (χ4v) is 1.64. The van der Waals surface area contributed by atoms with Crippen molar-refractivity contribution in [3.8, 4) is 0 Å². The van der Waals surface area contributed by atoms with Gasteiger partial charge in [-0.05, 0) is 31.2 Å². The molecule has 0 atom stereocenters. The Labute approximate surface area is 116 Å². The fraction of sp³-hybridized carbons (Fsp3) is 0.385. The summed E-state index contributed by atoms with van der Waals surface area (Å²) in [6, 6.07) is 7.44. The van der Waals surface area contributed by atoms with Crippen LogP contribution in [0.15, 0.2) is 28.8 Å². The fourth-order valence-electron chi connectivity index (χ4n) is 1.52. The lowest BCUT2D eigenvalue weighted by Crippen LogP contribution is -2.01. The Morgan fingerprint density at radius 3 is 2.84 bits per heavy atom. The molecule has 1 heterocycles. The second kappa shape index (κ2) is 7.11. The number of nitrogens with one attached hydrogen (secondary N) is 1. The van der Waals surface area contributed by atoms with E-state index in [0.717, 1.165) is 5.69 Å². The summed E-state index contributed by atoms with van der Waals surface area (Å²) in [6.07, 6.45) is 0.665. The Morgan fingerprint density at radius 1 is 1.32 bits per heavy atom. The first-order valence-corrected chi connectivity index (χ1v) is 6.54. The maximum absolute atomic E-state index is 5.81. The minimum Gasteiger partial charge on any atom is -0.381 e. The Hall–Kier alpha value is -1.59. The molecule has 5 nitrogen and oxygen atoms in total. The van der Waals surface area contributed by atoms with Crippen molar-refractivity contribution >= 4 is 17.3 Å². The van der Waals surface area contributed by atoms with E-state index in [2.05, 4.69) is 15.5 Å². The molecule has 102 valence electrons. The van der Waals surface area contributed by atoms with Crippen LogP contribution in [0.4, 0.5) is 5.69 Å². The van der Waals surface area contributed by atoms with E-state index in [9.17, 15) is 0 Å². The largest absolute Gasteiger partial charge is 0.381 e. The molecule has 0 unspecified atom stereocenters. The molecule has 1 aromatic carbocycles. The van der Waals surface area contributed by atoms with Crippen LogP contribution < -0.4 is 5.32 Å². The molecule has 0 radical (unpaired) electrons. The highest BCUT2D eigenvalue weighted by Gasteiger charge is 2.05. The van der Waals surface area contributed by atoms with E-state index in [-0.39, 0.29) is 0 Å². The predicted octanol–water partition coefficient (Wildman–Crippen LogP) is 2.91. The monoisotopic (exact) mass is 281 g/mol. The molecule has 2 rings (SSSR count). The summed E-state index contributed by atoms with van der Waals surface area (Å²) in [4.78, 5) is 4.27. The van der Waals surface area contributed by atoms with Gasteiger partial charge in [0, 0.05) is 23.7 Å². The van der Waals surface area contributed by atoms with Crippen molar-refractivity contribution < 1.29 is 9.26 Å². The minimum absolute atomic E-state index is 0.489. The van der Waals surface area contributed by atoms with Gasteiger partial charge < -0.3 is 14.6 Å². The molecule has 0 aliphatic rings. The zero-order chi connectivity index (χ0) is 13.5. The van der Waals surface area contributed by atoms with Crippen molar-refractivity contribution in [1.29, 1.82) is 0 Å². The van der Waals surface area contributed by atoms with Crippen LogP contribution in [0, 0.1) is 0 Å². The van der Waals surface area contributed by atoms with Crippen LogP contribution in [-0.2, 0) is 17.7 Å². The Morgan fingerprint density at radius 2 is 2.11 bits per heavy atom. The summed E-state index contributed by atoms with van der Waals surface area (Å²) in [6.45, 7) is 3.75. The second-order valence-electron chi connectivity index (χ2n) is 3.91. The summed E-state index contributed by atoms with van der Waals surface area (Å²) >= 11 is 5.81. The van der Waals surface area contributed by atoms with Gasteiger partial charge in [-0.1, -0.05) is 16.8 Å². The number of ether oxygens (including phenoxy) is 1. The Bertz CT molecular complexity index is 499. The van der Waals surface area contributed by atoms with Crippen LogP contribution in [0.3, 0.4) is 0 Å². The number of hydrogen-bond donors (Lipinski definition) is 1. The van der Waals surface area contributed by atoms with Gasteiger partial charge in [-0.3, -0.25) is 0 Å². The topological polar surface area (TPSA) is 60.2 Å². The quantitative estimate of drug-likeness (QED) is 0.791. The SMILES string of the molecule is CCOCCc1noc(CNc2ccc(Cl)cc2)n1. The Balaban J connectivity index is 1.81. The van der Waals surface area contributed by atoms with Crippen LogP contribution in [0.1, 0.15) is 18.6 Å². The molecule has 1 N–H and O–H groups in total. The normalized spacial score (nSPS) is 10.6. The molecule has 0 aliphatic carbocycles. The third-order valence-electron chi connectivity index (χ3n) is 2.47. The van der Waals surface area contributed by atoms with Gasteiger partial charge in [-0.25, -0.2) is 0 Å². The lowest BCUT2D eigenvalue weighted by Gasteiger charge is -2.02. The summed E-state index contributed by atoms with van der Waals surface area (Å²) in [5.74, 6) is 1.22. The zero-order valence-electron chi connectivity index (χ0n) is 10.7. The van der Waals surface area contributed by atoms with E-state index < -0.39 is 0 Å². The van der Waals surface area contributed by atoms with Gasteiger partial charge in [-0.2, -0.15) is 4.98 Å². The molecule has 0 amide bonds. The summed E-state index contributed by atoms with van der Waals surface area (Å²) in [5.41, 5.74) is 0.957. The van der Waals surface area contributed by atoms with E-state index >= 15 is 0 Å². The van der Waals surface area contributed by atoms with E-state index in [4.69, 9.17) is 20.9 Å². The third kappa shape index (κ3) is 4.54. The molecule has 0 spiro atoms. The Kier molecular flexibility index (Phi) is 5.18. The van der Waals surface area contributed by atoms with Crippen LogP contribution >= 0.6 is 11.6 Å². The lowest BCUT2D eigenvalue weighted by atomic mass is 10.3. The van der Waals surface area contributed by atoms with Crippen molar-refractivity contribution in [2.45, 2.75) is 19.9 Å². The van der Waals surface area contributed by atoms with Gasteiger partial charge in [-0.15, -0.1) is 0 Å². The lowest BCUT2D eigenvalue weighted by molar-refractivity contribution is 0.149. The number of nitrogens with zero attached hydrogens (tertiary/aromatic N) is 2. The molecular weight excluding hydrogens is 266 g/mol. The highest BCUT2D eigenvalue weighted by molar-refractivity contribution is 6.30. The average molecular weight is 282 g/mol. The van der Waals surface area contributed by atoms with Gasteiger partial charge in [0.25, 0.3) is 0 Å². The van der Waals surface area contributed by atoms with E-state index in [0.29, 0.717) is 42.9 Å². The van der Waals surface area contributed by atoms with Crippen molar-refractivity contribution in [3.05, 3.63) is 41.0 Å². The first kappa shape index (κ1) is 13.8. The molecular formula is C13H16ClN3O2. The highest BCUT2D eigenvalue weighted by Crippen LogP contribution is 2.14. The highest BCUT2D eigenvalue weighted by atomic mass is 35.5. The van der Waals surface area contributed by atoms with E-state index in [1.54, 1.807) is 0 Å². The van der Waals surface area contributed by atoms with Crippen molar-refractivity contribution in [2.75, 3.05) is 18.5 Å². The average Bonchev–Trinajstić information content (AvgIpc) is 2.86. The van der Waals surface area contributed by atoms with Gasteiger partial charge in [0.05, 0.1) is 13.2 Å². The molecule has 0 saturated heterocycles. The van der Waals surface area contributed by atoms with Gasteiger partial charge in [0.2, 0.25) is 5.89 Å². The molecule has 19 heavy (non-hydrogen) atoms. The molecule has 6 heteroatoms. The van der Waals surface area contributed by atoms with Crippen molar-refractivity contribution in [2.24, 2.45) is 0 Å². The number of benzene rings is 1. The summed E-state index contributed by atoms with van der Waals surface area (Å²) in [7, 11) is 0. The van der Waals surface area contributed by atoms with Gasteiger partial charge in [0.1, 0.15) is 0 Å². The number of hydrogen-bond acceptors (Lipinski definition) is 5. The third-order valence-corrected chi connectivity index (χ3v) is 2.72.